The average molecular weight is 460 g/mol. The molecule has 0 unspecified atom stereocenters. The van der Waals surface area contributed by atoms with Gasteiger partial charge in [0.25, 0.3) is 5.56 Å². The van der Waals surface area contributed by atoms with E-state index in [1.807, 2.05) is 0 Å². The largest absolute Gasteiger partial charge is 0.464 e. The van der Waals surface area contributed by atoms with Gasteiger partial charge in [-0.05, 0) is 47.0 Å². The van der Waals surface area contributed by atoms with Crippen LogP contribution in [0.2, 0.25) is 0 Å². The maximum Gasteiger partial charge on any atom is 0.410 e. The maximum atomic E-state index is 13.3. The molecule has 2 atom stereocenters. The van der Waals surface area contributed by atoms with Crippen molar-refractivity contribution in [1.82, 2.24) is 14.5 Å². The number of hydrogen-bond donors (Lipinski definition) is 0. The highest BCUT2D eigenvalue weighted by molar-refractivity contribution is 7.86. The highest BCUT2D eigenvalue weighted by Crippen LogP contribution is 2.33. The summed E-state index contributed by atoms with van der Waals surface area (Å²) in [7, 11) is -1.53. The Labute approximate surface area is 181 Å². The van der Waals surface area contributed by atoms with E-state index in [1.165, 1.54) is 16.5 Å². The summed E-state index contributed by atoms with van der Waals surface area (Å²) in [5, 5.41) is 0. The van der Waals surface area contributed by atoms with Crippen molar-refractivity contribution in [3.05, 3.63) is 21.9 Å². The Morgan fingerprint density at radius 3 is 2.35 bits per heavy atom. The van der Waals surface area contributed by atoms with E-state index < -0.39 is 50.8 Å². The first kappa shape index (κ1) is 24.6. The van der Waals surface area contributed by atoms with E-state index in [0.29, 0.717) is 19.3 Å². The van der Waals surface area contributed by atoms with Crippen LogP contribution in [0.5, 0.6) is 5.75 Å². The number of hydrogen-bond acceptors (Lipinski definition) is 9. The number of amides is 1. The standard InChI is InChI=1S/C19H29N3O8S/c1-11-9-8-10-12(21(5)18(25)29-19(2,3)4)15-20-13(17(24)28-6)14(16(23)22(11)15)30-31(7,26)27/h11-12H,8-10H2,1-7H3/t11-,12+/m1/s1. The molecule has 1 aromatic heterocycles. The number of carbonyl (C=O) groups is 2. The van der Waals surface area contributed by atoms with Gasteiger partial charge in [0, 0.05) is 13.1 Å². The first-order chi connectivity index (χ1) is 14.2. The summed E-state index contributed by atoms with van der Waals surface area (Å²) in [6.45, 7) is 6.96. The molecule has 12 heteroatoms. The lowest BCUT2D eigenvalue weighted by Gasteiger charge is -2.31. The van der Waals surface area contributed by atoms with Gasteiger partial charge in [-0.3, -0.25) is 9.36 Å². The molecule has 1 aromatic rings. The van der Waals surface area contributed by atoms with E-state index in [0.717, 1.165) is 13.4 Å². The number of aromatic nitrogens is 2. The smallest absolute Gasteiger partial charge is 0.410 e. The number of fused-ring (bicyclic) bond motifs is 1. The molecular formula is C19H29N3O8S. The van der Waals surface area contributed by atoms with Crippen molar-refractivity contribution in [2.75, 3.05) is 20.4 Å². The topological polar surface area (TPSA) is 134 Å². The fourth-order valence-corrected chi connectivity index (χ4v) is 3.80. The Morgan fingerprint density at radius 1 is 1.23 bits per heavy atom. The summed E-state index contributed by atoms with van der Waals surface area (Å²) in [6.07, 6.45) is 1.82. The van der Waals surface area contributed by atoms with Gasteiger partial charge in [-0.1, -0.05) is 0 Å². The van der Waals surface area contributed by atoms with Gasteiger partial charge in [0.15, 0.2) is 5.69 Å². The summed E-state index contributed by atoms with van der Waals surface area (Å²) < 4.78 is 39.6. The number of esters is 1. The van der Waals surface area contributed by atoms with E-state index in [2.05, 4.69) is 9.72 Å². The van der Waals surface area contributed by atoms with Crippen LogP contribution in [-0.2, 0) is 19.6 Å². The van der Waals surface area contributed by atoms with Crippen LogP contribution in [0, 0.1) is 0 Å². The van der Waals surface area contributed by atoms with Crippen molar-refractivity contribution in [1.29, 1.82) is 0 Å². The summed E-state index contributed by atoms with van der Waals surface area (Å²) in [4.78, 5) is 43.8. The molecule has 0 N–H and O–H groups in total. The SMILES string of the molecule is COC(=O)c1nc2n(c(=O)c1OS(C)(=O)=O)[C@H](C)CCC[C@@H]2N(C)C(=O)OC(C)(C)C. The Bertz CT molecular complexity index is 1030. The molecule has 2 heterocycles. The minimum atomic E-state index is -4.13. The van der Waals surface area contributed by atoms with Crippen molar-refractivity contribution in [2.45, 2.75) is 64.6 Å². The molecule has 174 valence electrons. The molecule has 2 rings (SSSR count). The van der Waals surface area contributed by atoms with Crippen molar-refractivity contribution < 1.29 is 31.7 Å². The molecule has 0 saturated carbocycles. The molecule has 0 spiro atoms. The molecule has 0 saturated heterocycles. The van der Waals surface area contributed by atoms with Gasteiger partial charge < -0.3 is 18.6 Å². The predicted molar refractivity (Wildman–Crippen MR) is 111 cm³/mol. The highest BCUT2D eigenvalue weighted by Gasteiger charge is 2.36. The third-order valence-corrected chi connectivity index (χ3v) is 5.17. The molecule has 1 aliphatic heterocycles. The van der Waals surface area contributed by atoms with E-state index >= 15 is 0 Å². The molecule has 0 aliphatic carbocycles. The summed E-state index contributed by atoms with van der Waals surface area (Å²) in [6, 6.07) is -1.07. The number of rotatable bonds is 4. The fraction of sp³-hybridized carbons (Fsp3) is 0.684. The van der Waals surface area contributed by atoms with Crippen molar-refractivity contribution in [2.24, 2.45) is 0 Å². The minimum absolute atomic E-state index is 0.129. The Balaban J connectivity index is 2.73. The van der Waals surface area contributed by atoms with Crippen LogP contribution in [0.1, 0.15) is 75.4 Å². The molecule has 0 aromatic carbocycles. The molecule has 0 fully saturated rings. The number of methoxy groups -OCH3 is 1. The lowest BCUT2D eigenvalue weighted by molar-refractivity contribution is 0.0202. The van der Waals surface area contributed by atoms with Gasteiger partial charge in [0.2, 0.25) is 5.75 Å². The maximum absolute atomic E-state index is 13.3. The molecule has 1 aliphatic rings. The van der Waals surface area contributed by atoms with E-state index in [1.54, 1.807) is 27.7 Å². The average Bonchev–Trinajstić information content (AvgIpc) is 2.79. The van der Waals surface area contributed by atoms with Crippen LogP contribution in [0.3, 0.4) is 0 Å². The molecule has 11 nitrogen and oxygen atoms in total. The zero-order chi connectivity index (χ0) is 23.7. The van der Waals surface area contributed by atoms with Crippen LogP contribution in [0.4, 0.5) is 4.79 Å². The zero-order valence-corrected chi connectivity index (χ0v) is 19.6. The van der Waals surface area contributed by atoms with Gasteiger partial charge in [0.05, 0.1) is 19.4 Å². The van der Waals surface area contributed by atoms with E-state index in [9.17, 15) is 22.8 Å². The highest BCUT2D eigenvalue weighted by atomic mass is 32.2. The van der Waals surface area contributed by atoms with Crippen LogP contribution < -0.4 is 9.74 Å². The lowest BCUT2D eigenvalue weighted by Crippen LogP contribution is -2.40. The predicted octanol–water partition coefficient (Wildman–Crippen LogP) is 2.02. The van der Waals surface area contributed by atoms with Gasteiger partial charge in [-0.25, -0.2) is 14.6 Å². The lowest BCUT2D eigenvalue weighted by atomic mass is 10.1. The van der Waals surface area contributed by atoms with E-state index in [4.69, 9.17) is 8.92 Å². The van der Waals surface area contributed by atoms with Gasteiger partial charge in [-0.2, -0.15) is 8.42 Å². The van der Waals surface area contributed by atoms with E-state index in [-0.39, 0.29) is 11.9 Å². The van der Waals surface area contributed by atoms with Gasteiger partial charge in [-0.15, -0.1) is 0 Å². The second kappa shape index (κ2) is 8.85. The Hall–Kier alpha value is -2.63. The van der Waals surface area contributed by atoms with Crippen LogP contribution in [-0.4, -0.2) is 60.9 Å². The monoisotopic (exact) mass is 459 g/mol. The molecular weight excluding hydrogens is 430 g/mol. The Morgan fingerprint density at radius 2 is 1.84 bits per heavy atom. The summed E-state index contributed by atoms with van der Waals surface area (Å²) >= 11 is 0. The summed E-state index contributed by atoms with van der Waals surface area (Å²) in [5.41, 5.74) is -2.14. The van der Waals surface area contributed by atoms with Crippen molar-refractivity contribution in [3.63, 3.8) is 0 Å². The second-order valence-corrected chi connectivity index (χ2v) is 10.1. The molecule has 31 heavy (non-hydrogen) atoms. The van der Waals surface area contributed by atoms with Crippen molar-refractivity contribution >= 4 is 22.2 Å². The molecule has 0 bridgehead atoms. The van der Waals surface area contributed by atoms with Gasteiger partial charge >= 0.3 is 22.2 Å². The normalized spacial score (nSPS) is 19.1. The number of carbonyl (C=O) groups excluding carboxylic acids is 2. The number of nitrogens with zero attached hydrogens (tertiary/aromatic N) is 3. The number of ether oxygens (including phenoxy) is 2. The first-order valence-corrected chi connectivity index (χ1v) is 11.6. The van der Waals surface area contributed by atoms with Crippen LogP contribution in [0.25, 0.3) is 0 Å². The Kier molecular flexibility index (Phi) is 7.03. The van der Waals surface area contributed by atoms with Crippen LogP contribution >= 0.6 is 0 Å². The quantitative estimate of drug-likeness (QED) is 0.489. The van der Waals surface area contributed by atoms with Crippen molar-refractivity contribution in [3.8, 4) is 5.75 Å². The summed E-state index contributed by atoms with van der Waals surface area (Å²) in [5.74, 6) is -1.63. The zero-order valence-electron chi connectivity index (χ0n) is 18.8. The third-order valence-electron chi connectivity index (χ3n) is 4.70. The minimum Gasteiger partial charge on any atom is -0.464 e. The molecule has 0 radical (unpaired) electrons. The third kappa shape index (κ3) is 5.75. The fourth-order valence-electron chi connectivity index (χ4n) is 3.35. The molecule has 1 amide bonds. The second-order valence-electron chi connectivity index (χ2n) is 8.49. The van der Waals surface area contributed by atoms with Gasteiger partial charge in [0.1, 0.15) is 11.4 Å². The first-order valence-electron chi connectivity index (χ1n) is 9.76. The van der Waals surface area contributed by atoms with Crippen LogP contribution in [0.15, 0.2) is 4.79 Å².